The fourth-order valence-electron chi connectivity index (χ4n) is 11.2. The number of hydrogen-bond acceptors (Lipinski definition) is 12. The molecule has 0 radical (unpaired) electrons. The first-order chi connectivity index (χ1) is 48.9. The molecule has 4 aliphatic rings. The van der Waals surface area contributed by atoms with E-state index in [0.29, 0.717) is 26.4 Å². The molecule has 24 heteroatoms. The van der Waals surface area contributed by atoms with E-state index < -0.39 is 75.5 Å². The predicted molar refractivity (Wildman–Crippen MR) is 367 cm³/mol. The summed E-state index contributed by atoms with van der Waals surface area (Å²) >= 11 is 0. The molecule has 4 saturated heterocycles. The SMILES string of the molecule is CCCCCCCCOc1ccc(C2OCC(CCC(F)(F)F)CO2)cc1.CCCCCCCOc1ccc(C2OCC(CCC(F)(F)F)CO2)cc1.CCCCCCOc1ccc(C2OCC(CCC(F)(F)F)CO2)cc1.CCCCCOc1ccc(C2OCC(CCC(F)(F)F)CO2)cc1. The number of alkyl halides is 12. The van der Waals surface area contributed by atoms with Crippen LogP contribution in [-0.2, 0) is 37.9 Å². The Kier molecular flexibility index (Phi) is 42.0. The van der Waals surface area contributed by atoms with Gasteiger partial charge in [-0.25, -0.2) is 0 Å². The zero-order chi connectivity index (χ0) is 73.9. The number of hydrogen-bond donors (Lipinski definition) is 0. The van der Waals surface area contributed by atoms with Crippen LogP contribution in [0.3, 0.4) is 0 Å². The van der Waals surface area contributed by atoms with Gasteiger partial charge >= 0.3 is 24.7 Å². The minimum atomic E-state index is -4.12. The average molecular weight is 1470 g/mol. The smallest absolute Gasteiger partial charge is 0.389 e. The summed E-state index contributed by atoms with van der Waals surface area (Å²) in [5, 5.41) is 0. The van der Waals surface area contributed by atoms with Crippen molar-refractivity contribution in [1.82, 2.24) is 0 Å². The quantitative estimate of drug-likeness (QED) is 0.0315. The molecule has 4 aromatic carbocycles. The molecule has 0 spiro atoms. The fourth-order valence-corrected chi connectivity index (χ4v) is 11.2. The Morgan fingerprint density at radius 3 is 0.618 bits per heavy atom. The maximum atomic E-state index is 12.3. The van der Waals surface area contributed by atoms with Crippen molar-refractivity contribution in [3.63, 3.8) is 0 Å². The highest BCUT2D eigenvalue weighted by atomic mass is 19.4. The van der Waals surface area contributed by atoms with E-state index in [2.05, 4.69) is 27.7 Å². The van der Waals surface area contributed by atoms with Crippen molar-refractivity contribution >= 4 is 0 Å². The molecular formula is C78H112F12O12. The van der Waals surface area contributed by atoms with E-state index in [1.165, 1.54) is 77.0 Å². The Balaban J connectivity index is 0.000000245. The van der Waals surface area contributed by atoms with Crippen LogP contribution in [-0.4, -0.2) is 104 Å². The largest absolute Gasteiger partial charge is 0.494 e. The minimum Gasteiger partial charge on any atom is -0.494 e. The molecular weight excluding hydrogens is 1360 g/mol. The summed E-state index contributed by atoms with van der Waals surface area (Å²) < 4.78 is 214. The van der Waals surface area contributed by atoms with Gasteiger partial charge in [-0.05, 0) is 99.9 Å². The number of rotatable bonds is 38. The van der Waals surface area contributed by atoms with Crippen molar-refractivity contribution in [3.8, 4) is 23.0 Å². The molecule has 0 atom stereocenters. The Hall–Kier alpha value is -5.08. The van der Waals surface area contributed by atoms with E-state index in [0.717, 1.165) is 83.8 Å². The Labute approximate surface area is 597 Å². The highest BCUT2D eigenvalue weighted by Gasteiger charge is 2.35. The summed E-state index contributed by atoms with van der Waals surface area (Å²) in [6.45, 7) is 13.9. The molecule has 4 aliphatic heterocycles. The lowest BCUT2D eigenvalue weighted by molar-refractivity contribution is -0.211. The summed E-state index contributed by atoms with van der Waals surface area (Å²) in [6, 6.07) is 30.0. The van der Waals surface area contributed by atoms with E-state index >= 15 is 0 Å². The molecule has 12 nitrogen and oxygen atoms in total. The third-order valence-electron chi connectivity index (χ3n) is 17.4. The zero-order valence-corrected chi connectivity index (χ0v) is 60.2. The van der Waals surface area contributed by atoms with Crippen molar-refractivity contribution in [3.05, 3.63) is 119 Å². The van der Waals surface area contributed by atoms with Crippen LogP contribution in [0.4, 0.5) is 52.7 Å². The zero-order valence-electron chi connectivity index (χ0n) is 60.2. The van der Waals surface area contributed by atoms with Gasteiger partial charge in [0.2, 0.25) is 0 Å². The van der Waals surface area contributed by atoms with Gasteiger partial charge < -0.3 is 56.8 Å². The van der Waals surface area contributed by atoms with Crippen LogP contribution in [0.2, 0.25) is 0 Å². The molecule has 0 N–H and O–H groups in total. The molecule has 0 saturated carbocycles. The summed E-state index contributed by atoms with van der Waals surface area (Å²) in [5.41, 5.74) is 3.42. The van der Waals surface area contributed by atoms with Crippen LogP contribution in [0.15, 0.2) is 97.1 Å². The monoisotopic (exact) mass is 1470 g/mol. The van der Waals surface area contributed by atoms with Crippen LogP contribution in [0.25, 0.3) is 0 Å². The second-order valence-electron chi connectivity index (χ2n) is 26.7. The average Bonchev–Trinajstić information content (AvgIpc) is 0.872. The highest BCUT2D eigenvalue weighted by Crippen LogP contribution is 2.36. The first-order valence-corrected chi connectivity index (χ1v) is 37.0. The van der Waals surface area contributed by atoms with Gasteiger partial charge in [-0.15, -0.1) is 0 Å². The van der Waals surface area contributed by atoms with Crippen LogP contribution in [0, 0.1) is 23.7 Å². The topological polar surface area (TPSA) is 111 Å². The van der Waals surface area contributed by atoms with Crippen molar-refractivity contribution in [2.45, 2.75) is 245 Å². The van der Waals surface area contributed by atoms with Gasteiger partial charge in [0.05, 0.1) is 79.3 Å². The normalized spacial score (nSPS) is 21.1. The molecule has 0 unspecified atom stereocenters. The number of benzene rings is 4. The summed E-state index contributed by atoms with van der Waals surface area (Å²) in [6.07, 6.45) is -0.203. The van der Waals surface area contributed by atoms with Crippen molar-refractivity contribution in [2.24, 2.45) is 23.7 Å². The third kappa shape index (κ3) is 39.9. The molecule has 0 amide bonds. The van der Waals surface area contributed by atoms with Crippen LogP contribution in [0.1, 0.15) is 242 Å². The van der Waals surface area contributed by atoms with Gasteiger partial charge in [-0.1, -0.05) is 166 Å². The lowest BCUT2D eigenvalue weighted by Gasteiger charge is -2.29. The fraction of sp³-hybridized carbons (Fsp3) is 0.692. The lowest BCUT2D eigenvalue weighted by Crippen LogP contribution is -2.28. The summed E-state index contributed by atoms with van der Waals surface area (Å²) in [7, 11) is 0. The number of unbranched alkanes of at least 4 members (excludes halogenated alkanes) is 14. The molecule has 4 aromatic rings. The van der Waals surface area contributed by atoms with E-state index in [9.17, 15) is 52.7 Å². The Morgan fingerprint density at radius 2 is 0.422 bits per heavy atom. The van der Waals surface area contributed by atoms with Gasteiger partial charge in [0.25, 0.3) is 0 Å². The lowest BCUT2D eigenvalue weighted by atomic mass is 10.0. The van der Waals surface area contributed by atoms with E-state index in [-0.39, 0.29) is 102 Å². The first-order valence-electron chi connectivity index (χ1n) is 37.0. The molecule has 8 rings (SSSR count). The van der Waals surface area contributed by atoms with Gasteiger partial charge in [-0.2, -0.15) is 52.7 Å². The van der Waals surface area contributed by atoms with Crippen molar-refractivity contribution in [2.75, 3.05) is 79.3 Å². The standard InChI is InChI=1S/C21H31F3O3.C20H29F3O3.C19H27F3O3.C18H25F3O3/c1-2-3-4-5-6-7-14-25-19-10-8-18(9-11-19)20-26-15-17(16-27-20)12-13-21(22,23)24;1-2-3-4-5-6-13-24-18-9-7-17(8-10-18)19-25-14-16(15-26-19)11-12-20(21,22)23;1-2-3-4-5-12-23-17-8-6-16(7-9-17)18-24-13-15(14-25-18)10-11-19(20,21)22;1-2-3-4-11-22-16-7-5-15(6-8-16)17-23-12-14(13-24-17)9-10-18(19,20)21/h8-11,17,20H,2-7,12-16H2,1H3;7-10,16,19H,2-6,11-15H2,1H3;6-9,15,18H,2-5,10-14H2,1H3;5-8,14,17H,2-4,9-13H2,1H3. The molecule has 0 aliphatic carbocycles. The van der Waals surface area contributed by atoms with Gasteiger partial charge in [0, 0.05) is 71.6 Å². The summed E-state index contributed by atoms with van der Waals surface area (Å²) in [5.74, 6) is 2.40. The van der Waals surface area contributed by atoms with Crippen LogP contribution < -0.4 is 18.9 Å². The molecule has 4 fully saturated rings. The molecule has 580 valence electrons. The highest BCUT2D eigenvalue weighted by molar-refractivity contribution is 5.31. The van der Waals surface area contributed by atoms with Gasteiger partial charge in [0.15, 0.2) is 25.2 Å². The second-order valence-corrected chi connectivity index (χ2v) is 26.7. The van der Waals surface area contributed by atoms with Crippen molar-refractivity contribution in [1.29, 1.82) is 0 Å². The number of ether oxygens (including phenoxy) is 12. The van der Waals surface area contributed by atoms with E-state index in [4.69, 9.17) is 56.8 Å². The van der Waals surface area contributed by atoms with Crippen molar-refractivity contribution < 1.29 is 110 Å². The van der Waals surface area contributed by atoms with E-state index in [1.807, 2.05) is 97.1 Å². The maximum Gasteiger partial charge on any atom is 0.389 e. The van der Waals surface area contributed by atoms with Crippen LogP contribution in [0.5, 0.6) is 23.0 Å². The molecule has 102 heavy (non-hydrogen) atoms. The second kappa shape index (κ2) is 48.9. The van der Waals surface area contributed by atoms with Crippen LogP contribution >= 0.6 is 0 Å². The van der Waals surface area contributed by atoms with Gasteiger partial charge in [-0.3, -0.25) is 0 Å². The Bertz CT molecular complexity index is 2690. The molecule has 0 bridgehead atoms. The maximum absolute atomic E-state index is 12.3. The number of halogens is 12. The first kappa shape index (κ1) is 87.6. The van der Waals surface area contributed by atoms with Gasteiger partial charge in [0.1, 0.15) is 23.0 Å². The molecule has 4 heterocycles. The summed E-state index contributed by atoms with van der Waals surface area (Å²) in [4.78, 5) is 0. The molecule has 0 aromatic heterocycles. The predicted octanol–water partition coefficient (Wildman–Crippen LogP) is 23.4. The Morgan fingerprint density at radius 1 is 0.255 bits per heavy atom. The minimum absolute atomic E-state index is 0.0424. The van der Waals surface area contributed by atoms with E-state index in [1.54, 1.807) is 0 Å². The third-order valence-corrected chi connectivity index (χ3v) is 17.4.